The minimum atomic E-state index is -0.818. The summed E-state index contributed by atoms with van der Waals surface area (Å²) < 4.78 is 0. The van der Waals surface area contributed by atoms with Gasteiger partial charge in [-0.25, -0.2) is 0 Å². The molecule has 6 rings (SSSR count). The number of nitrogens with zero attached hydrogens (tertiary/aromatic N) is 3. The number of carbonyl (C=O) groups excluding carboxylic acids is 3. The molecule has 6 N–H and O–H groups in total. The van der Waals surface area contributed by atoms with Gasteiger partial charge in [0.1, 0.15) is 6.04 Å². The number of hydrogen-bond donors (Lipinski definition) is 5. The molecular weight excluding hydrogens is 711 g/mol. The van der Waals surface area contributed by atoms with Crippen LogP contribution in [-0.2, 0) is 16.0 Å². The highest BCUT2D eigenvalue weighted by Gasteiger charge is 2.30. The highest BCUT2D eigenvalue weighted by atomic mass is 35.5. The van der Waals surface area contributed by atoms with E-state index < -0.39 is 6.04 Å². The zero-order chi connectivity index (χ0) is 36.6. The van der Waals surface area contributed by atoms with Gasteiger partial charge in [0.2, 0.25) is 17.1 Å². The number of halogens is 2. The molecule has 1 aromatic heterocycles. The van der Waals surface area contributed by atoms with Gasteiger partial charge in [0.15, 0.2) is 5.82 Å². The predicted octanol–water partition coefficient (Wildman–Crippen LogP) is 6.25. The molecule has 13 heteroatoms. The maximum absolute atomic E-state index is 13.8. The Kier molecular flexibility index (Phi) is 14.0. The lowest BCUT2D eigenvalue weighted by molar-refractivity contribution is -0.130. The molecule has 0 spiro atoms. The van der Waals surface area contributed by atoms with Crippen molar-refractivity contribution in [3.63, 3.8) is 0 Å². The van der Waals surface area contributed by atoms with E-state index in [0.717, 1.165) is 73.9 Å². The molecule has 4 aromatic rings. The molecule has 0 radical (unpaired) electrons. The summed E-state index contributed by atoms with van der Waals surface area (Å²) in [5.74, 6) is 0.300. The van der Waals surface area contributed by atoms with Crippen LogP contribution in [0.3, 0.4) is 0 Å². The Morgan fingerprint density at radius 1 is 0.887 bits per heavy atom. The van der Waals surface area contributed by atoms with E-state index in [1.54, 1.807) is 12.1 Å². The maximum atomic E-state index is 13.8. The average molecular weight is 762 g/mol. The van der Waals surface area contributed by atoms with E-state index in [4.69, 9.17) is 17.3 Å². The Morgan fingerprint density at radius 2 is 1.57 bits per heavy atom. The molecule has 11 nitrogen and oxygen atoms in total. The number of benzene rings is 3. The van der Waals surface area contributed by atoms with Crippen LogP contribution in [0.1, 0.15) is 68.3 Å². The number of H-pyrrole nitrogens is 1. The SMILES string of the molecule is CC(C)N1CCC(NC(=O)c2cccc(-c3cccc(C[C@H](NC(=O)[C@H]4CC[C@H](CN)CC4)C(=O)Nc4ccc(-c5nnc(Cl)[nH]5)cc4)c3)c2)CC1.Cl. The van der Waals surface area contributed by atoms with Crippen molar-refractivity contribution in [2.75, 3.05) is 25.0 Å². The van der Waals surface area contributed by atoms with E-state index in [0.29, 0.717) is 35.6 Å². The van der Waals surface area contributed by atoms with Gasteiger partial charge in [-0.05, 0) is 130 Å². The van der Waals surface area contributed by atoms with Crippen molar-refractivity contribution >= 4 is 47.4 Å². The van der Waals surface area contributed by atoms with Crippen molar-refractivity contribution in [1.29, 1.82) is 0 Å². The van der Waals surface area contributed by atoms with Crippen molar-refractivity contribution in [3.05, 3.63) is 89.2 Å². The van der Waals surface area contributed by atoms with Gasteiger partial charge in [0.25, 0.3) is 5.91 Å². The summed E-state index contributed by atoms with van der Waals surface area (Å²) in [6, 6.07) is 22.6. The van der Waals surface area contributed by atoms with Crippen LogP contribution in [0.4, 0.5) is 5.69 Å². The molecular formula is C40H50Cl2N8O3. The molecule has 53 heavy (non-hydrogen) atoms. The van der Waals surface area contributed by atoms with Crippen molar-refractivity contribution < 1.29 is 14.4 Å². The largest absolute Gasteiger partial charge is 0.349 e. The second-order valence-corrected chi connectivity index (χ2v) is 14.8. The second kappa shape index (κ2) is 18.6. The first-order chi connectivity index (χ1) is 25.1. The van der Waals surface area contributed by atoms with Crippen molar-refractivity contribution in [2.24, 2.45) is 17.6 Å². The van der Waals surface area contributed by atoms with Gasteiger partial charge in [-0.15, -0.1) is 22.6 Å². The van der Waals surface area contributed by atoms with E-state index in [9.17, 15) is 14.4 Å². The number of anilines is 1. The molecule has 282 valence electrons. The van der Waals surface area contributed by atoms with Crippen LogP contribution in [0.2, 0.25) is 5.28 Å². The molecule has 2 fully saturated rings. The van der Waals surface area contributed by atoms with E-state index in [-0.39, 0.29) is 53.8 Å². The molecule has 0 bridgehead atoms. The van der Waals surface area contributed by atoms with Gasteiger partial charge in [-0.3, -0.25) is 14.4 Å². The molecule has 3 amide bonds. The fraction of sp³-hybridized carbons (Fsp3) is 0.425. The molecule has 1 saturated heterocycles. The Labute approximate surface area is 322 Å². The Hall–Kier alpha value is -4.29. The molecule has 1 atom stereocenters. The van der Waals surface area contributed by atoms with Gasteiger partial charge in [0, 0.05) is 54.3 Å². The smallest absolute Gasteiger partial charge is 0.251 e. The summed E-state index contributed by atoms with van der Waals surface area (Å²) in [7, 11) is 0. The average Bonchev–Trinajstić information content (AvgIpc) is 3.61. The number of nitrogens with one attached hydrogen (secondary N) is 4. The first-order valence-electron chi connectivity index (χ1n) is 18.4. The summed E-state index contributed by atoms with van der Waals surface area (Å²) in [4.78, 5) is 46.0. The number of piperidine rings is 1. The normalized spacial score (nSPS) is 18.5. The predicted molar refractivity (Wildman–Crippen MR) is 212 cm³/mol. The Balaban J connectivity index is 0.00000541. The van der Waals surface area contributed by atoms with Crippen LogP contribution in [-0.4, -0.2) is 75.6 Å². The van der Waals surface area contributed by atoms with Crippen molar-refractivity contribution in [3.8, 4) is 22.5 Å². The zero-order valence-corrected chi connectivity index (χ0v) is 31.9. The van der Waals surface area contributed by atoms with E-state index in [1.807, 2.05) is 60.7 Å². The lowest BCUT2D eigenvalue weighted by Crippen LogP contribution is -2.48. The third-order valence-electron chi connectivity index (χ3n) is 10.5. The lowest BCUT2D eigenvalue weighted by Gasteiger charge is -2.34. The van der Waals surface area contributed by atoms with E-state index >= 15 is 0 Å². The van der Waals surface area contributed by atoms with Crippen molar-refractivity contribution in [2.45, 2.75) is 76.9 Å². The summed E-state index contributed by atoms with van der Waals surface area (Å²) >= 11 is 5.89. The molecule has 1 saturated carbocycles. The first-order valence-corrected chi connectivity index (χ1v) is 18.8. The second-order valence-electron chi connectivity index (χ2n) is 14.4. The lowest BCUT2D eigenvalue weighted by atomic mass is 9.81. The quantitative estimate of drug-likeness (QED) is 0.114. The Bertz CT molecular complexity index is 1830. The topological polar surface area (TPSA) is 158 Å². The molecule has 2 aliphatic rings. The third kappa shape index (κ3) is 10.7. The monoisotopic (exact) mass is 760 g/mol. The van der Waals surface area contributed by atoms with Gasteiger partial charge < -0.3 is 31.6 Å². The van der Waals surface area contributed by atoms with Crippen LogP contribution in [0, 0.1) is 11.8 Å². The fourth-order valence-electron chi connectivity index (χ4n) is 7.25. The van der Waals surface area contributed by atoms with Crippen molar-refractivity contribution in [1.82, 2.24) is 30.7 Å². The molecule has 2 heterocycles. The maximum Gasteiger partial charge on any atom is 0.251 e. The summed E-state index contributed by atoms with van der Waals surface area (Å²) in [5.41, 5.74) is 10.6. The molecule has 0 unspecified atom stereocenters. The number of likely N-dealkylation sites (tertiary alicyclic amines) is 1. The van der Waals surface area contributed by atoms with Crippen LogP contribution < -0.4 is 21.7 Å². The minimum absolute atomic E-state index is 0. The van der Waals surface area contributed by atoms with Gasteiger partial charge in [-0.2, -0.15) is 0 Å². The van der Waals surface area contributed by atoms with Crippen LogP contribution >= 0.6 is 24.0 Å². The summed E-state index contributed by atoms with van der Waals surface area (Å²) in [5, 5.41) is 17.3. The first kappa shape index (κ1) is 39.9. The number of hydrogen-bond acceptors (Lipinski definition) is 7. The number of nitrogens with two attached hydrogens (primary N) is 1. The standard InChI is InChI=1S/C40H49ClN8O3.ClH/c1-25(2)49-19-17-34(18-20-49)43-38(51)32-8-4-7-31(23-32)30-6-3-5-27(21-30)22-35(45-37(50)29-11-9-26(24-42)10-12-29)39(52)44-33-15-13-28(14-16-33)36-46-40(41)48-47-36;/h3-8,13-16,21,23,25-26,29,34-35H,9-12,17-20,22,24,42H2,1-2H3,(H,43,51)(H,44,52)(H,45,50)(H,46,47,48);1H/t26-,29-,35-;/m0./s1. The summed E-state index contributed by atoms with van der Waals surface area (Å²) in [6.45, 7) is 7.01. The number of aromatic nitrogens is 3. The third-order valence-corrected chi connectivity index (χ3v) is 10.7. The number of amides is 3. The summed E-state index contributed by atoms with van der Waals surface area (Å²) in [6.07, 6.45) is 5.49. The molecule has 1 aliphatic carbocycles. The highest BCUT2D eigenvalue weighted by molar-refractivity contribution is 6.28. The van der Waals surface area contributed by atoms with E-state index in [1.165, 1.54) is 0 Å². The van der Waals surface area contributed by atoms with E-state index in [2.05, 4.69) is 49.9 Å². The number of aromatic amines is 1. The van der Waals surface area contributed by atoms with Crippen LogP contribution in [0.15, 0.2) is 72.8 Å². The molecule has 3 aromatic carbocycles. The fourth-order valence-corrected chi connectivity index (χ4v) is 7.38. The molecule has 1 aliphatic heterocycles. The number of carbonyl (C=O) groups is 3. The highest BCUT2D eigenvalue weighted by Crippen LogP contribution is 2.29. The van der Waals surface area contributed by atoms with Crippen LogP contribution in [0.5, 0.6) is 0 Å². The Morgan fingerprint density at radius 3 is 2.21 bits per heavy atom. The van der Waals surface area contributed by atoms with Crippen LogP contribution in [0.25, 0.3) is 22.5 Å². The van der Waals surface area contributed by atoms with Gasteiger partial charge >= 0.3 is 0 Å². The zero-order valence-electron chi connectivity index (χ0n) is 30.3. The van der Waals surface area contributed by atoms with Gasteiger partial charge in [0.05, 0.1) is 0 Å². The minimum Gasteiger partial charge on any atom is -0.349 e. The van der Waals surface area contributed by atoms with Gasteiger partial charge in [-0.1, -0.05) is 36.4 Å². The number of rotatable bonds is 12.